The molecule has 0 saturated carbocycles. The highest BCUT2D eigenvalue weighted by Crippen LogP contribution is 2.29. The Labute approximate surface area is 114 Å². The first-order chi connectivity index (χ1) is 9.28. The summed E-state index contributed by atoms with van der Waals surface area (Å²) in [7, 11) is 0. The molecule has 4 nitrogen and oxygen atoms in total. The van der Waals surface area contributed by atoms with Crippen LogP contribution in [0.5, 0.6) is 0 Å². The fourth-order valence-electron chi connectivity index (χ4n) is 1.85. The Balaban J connectivity index is 1.99. The normalized spacial score (nSPS) is 10.8. The quantitative estimate of drug-likeness (QED) is 0.686. The number of hydrogen-bond acceptors (Lipinski definition) is 4. The molecule has 0 N–H and O–H groups in total. The zero-order valence-electron chi connectivity index (χ0n) is 10.3. The van der Waals surface area contributed by atoms with Gasteiger partial charge in [-0.05, 0) is 48.5 Å². The number of benzene rings is 1. The van der Waals surface area contributed by atoms with Gasteiger partial charge in [0.1, 0.15) is 6.29 Å². The van der Waals surface area contributed by atoms with E-state index in [0.29, 0.717) is 5.56 Å². The molecule has 0 bridgehead atoms. The van der Waals surface area contributed by atoms with Gasteiger partial charge in [-0.15, -0.1) is 10.2 Å². The van der Waals surface area contributed by atoms with E-state index in [1.165, 1.54) is 0 Å². The summed E-state index contributed by atoms with van der Waals surface area (Å²) in [5.74, 6) is 0. The van der Waals surface area contributed by atoms with E-state index in [1.807, 2.05) is 53.9 Å². The van der Waals surface area contributed by atoms with Crippen LogP contribution in [0, 0.1) is 6.92 Å². The molecule has 3 aromatic rings. The molecular formula is C14H11N3OS. The first kappa shape index (κ1) is 11.9. The number of rotatable bonds is 3. The Bertz CT molecular complexity index is 751. The van der Waals surface area contributed by atoms with Gasteiger partial charge in [-0.2, -0.15) is 0 Å². The van der Waals surface area contributed by atoms with Crippen molar-refractivity contribution < 1.29 is 4.79 Å². The van der Waals surface area contributed by atoms with Gasteiger partial charge in [0.05, 0.1) is 0 Å². The van der Waals surface area contributed by atoms with Gasteiger partial charge in [0.25, 0.3) is 0 Å². The number of fused-ring (bicyclic) bond motifs is 1. The molecule has 0 saturated heterocycles. The molecular weight excluding hydrogens is 258 g/mol. The molecule has 0 aliphatic heterocycles. The highest BCUT2D eigenvalue weighted by atomic mass is 32.2. The van der Waals surface area contributed by atoms with Crippen LogP contribution in [0.4, 0.5) is 0 Å². The molecule has 0 radical (unpaired) electrons. The van der Waals surface area contributed by atoms with Crippen LogP contribution in [-0.2, 0) is 0 Å². The summed E-state index contributed by atoms with van der Waals surface area (Å²) in [4.78, 5) is 11.8. The number of carbonyl (C=O) groups excluding carboxylic acids is 1. The summed E-state index contributed by atoms with van der Waals surface area (Å²) < 4.78 is 1.94. The maximum atomic E-state index is 10.7. The summed E-state index contributed by atoms with van der Waals surface area (Å²) in [5, 5.41) is 9.11. The number of aryl methyl sites for hydroxylation is 1. The van der Waals surface area contributed by atoms with Crippen molar-refractivity contribution in [2.45, 2.75) is 17.0 Å². The monoisotopic (exact) mass is 269 g/mol. The fraction of sp³-hybridized carbons (Fsp3) is 0.0714. The van der Waals surface area contributed by atoms with Gasteiger partial charge in [0.2, 0.25) is 0 Å². The first-order valence-corrected chi connectivity index (χ1v) is 6.63. The summed E-state index contributed by atoms with van der Waals surface area (Å²) in [5.41, 5.74) is 2.57. The summed E-state index contributed by atoms with van der Waals surface area (Å²) >= 11 is 1.54. The third kappa shape index (κ3) is 2.24. The van der Waals surface area contributed by atoms with E-state index in [1.54, 1.807) is 11.8 Å². The van der Waals surface area contributed by atoms with Crippen molar-refractivity contribution in [2.24, 2.45) is 0 Å². The average Bonchev–Trinajstić information content (AvgIpc) is 2.84. The van der Waals surface area contributed by atoms with Crippen molar-refractivity contribution in [3.63, 3.8) is 0 Å². The van der Waals surface area contributed by atoms with Crippen molar-refractivity contribution in [3.8, 4) is 0 Å². The van der Waals surface area contributed by atoms with Crippen LogP contribution in [0.15, 0.2) is 52.6 Å². The first-order valence-electron chi connectivity index (χ1n) is 5.81. The van der Waals surface area contributed by atoms with Gasteiger partial charge in [-0.1, -0.05) is 12.1 Å². The Morgan fingerprint density at radius 2 is 2.11 bits per heavy atom. The van der Waals surface area contributed by atoms with Crippen molar-refractivity contribution in [1.29, 1.82) is 0 Å². The van der Waals surface area contributed by atoms with Crippen LogP contribution >= 0.6 is 11.8 Å². The SMILES string of the molecule is Cc1cc(C=O)ccc1Sc1nnc2ccccn12. The smallest absolute Gasteiger partial charge is 0.200 e. The van der Waals surface area contributed by atoms with E-state index in [9.17, 15) is 4.79 Å². The van der Waals surface area contributed by atoms with Crippen molar-refractivity contribution >= 4 is 23.7 Å². The molecule has 0 aliphatic rings. The number of aromatic nitrogens is 3. The Morgan fingerprint density at radius 3 is 2.89 bits per heavy atom. The lowest BCUT2D eigenvalue weighted by Crippen LogP contribution is -1.88. The average molecular weight is 269 g/mol. The van der Waals surface area contributed by atoms with E-state index in [4.69, 9.17) is 0 Å². The van der Waals surface area contributed by atoms with Crippen LogP contribution < -0.4 is 0 Å². The molecule has 94 valence electrons. The second kappa shape index (κ2) is 4.85. The summed E-state index contributed by atoms with van der Waals surface area (Å²) in [6, 6.07) is 11.4. The number of nitrogens with zero attached hydrogens (tertiary/aromatic N) is 3. The molecule has 3 rings (SSSR count). The second-order valence-corrected chi connectivity index (χ2v) is 5.17. The third-order valence-corrected chi connectivity index (χ3v) is 3.96. The Morgan fingerprint density at radius 1 is 1.21 bits per heavy atom. The topological polar surface area (TPSA) is 47.3 Å². The molecule has 1 aromatic carbocycles. The minimum atomic E-state index is 0.688. The van der Waals surface area contributed by atoms with Gasteiger partial charge >= 0.3 is 0 Å². The summed E-state index contributed by atoms with van der Waals surface area (Å²) in [6.45, 7) is 1.98. The molecule has 0 fully saturated rings. The van der Waals surface area contributed by atoms with Crippen LogP contribution in [0.25, 0.3) is 5.65 Å². The standard InChI is InChI=1S/C14H11N3OS/c1-10-8-11(9-18)5-6-12(10)19-14-16-15-13-4-2-3-7-17(13)14/h2-9H,1H3. The summed E-state index contributed by atoms with van der Waals surface area (Å²) in [6.07, 6.45) is 2.79. The van der Waals surface area contributed by atoms with Crippen molar-refractivity contribution in [3.05, 3.63) is 53.7 Å². The molecule has 0 atom stereocenters. The van der Waals surface area contributed by atoms with E-state index in [2.05, 4.69) is 10.2 Å². The maximum absolute atomic E-state index is 10.7. The van der Waals surface area contributed by atoms with Gasteiger partial charge in [0, 0.05) is 16.7 Å². The van der Waals surface area contributed by atoms with Crippen LogP contribution in [0.2, 0.25) is 0 Å². The van der Waals surface area contributed by atoms with Gasteiger partial charge < -0.3 is 0 Å². The molecule has 0 unspecified atom stereocenters. The molecule has 2 aromatic heterocycles. The lowest BCUT2D eigenvalue weighted by Gasteiger charge is -2.04. The fourth-order valence-corrected chi connectivity index (χ4v) is 2.73. The van der Waals surface area contributed by atoms with Crippen LogP contribution in [0.1, 0.15) is 15.9 Å². The minimum Gasteiger partial charge on any atom is -0.298 e. The van der Waals surface area contributed by atoms with Crippen molar-refractivity contribution in [1.82, 2.24) is 14.6 Å². The highest BCUT2D eigenvalue weighted by Gasteiger charge is 2.08. The zero-order chi connectivity index (χ0) is 13.2. The number of aldehydes is 1. The van der Waals surface area contributed by atoms with E-state index in [0.717, 1.165) is 27.5 Å². The second-order valence-electron chi connectivity index (χ2n) is 4.16. The third-order valence-electron chi connectivity index (χ3n) is 2.82. The Kier molecular flexibility index (Phi) is 3.05. The van der Waals surface area contributed by atoms with Gasteiger partial charge in [0.15, 0.2) is 10.8 Å². The number of hydrogen-bond donors (Lipinski definition) is 0. The molecule has 0 aliphatic carbocycles. The number of carbonyl (C=O) groups is 1. The minimum absolute atomic E-state index is 0.688. The molecule has 2 heterocycles. The number of pyridine rings is 1. The van der Waals surface area contributed by atoms with E-state index < -0.39 is 0 Å². The largest absolute Gasteiger partial charge is 0.298 e. The lowest BCUT2D eigenvalue weighted by atomic mass is 10.2. The van der Waals surface area contributed by atoms with E-state index >= 15 is 0 Å². The van der Waals surface area contributed by atoms with Crippen LogP contribution in [-0.4, -0.2) is 20.9 Å². The molecule has 0 spiro atoms. The lowest BCUT2D eigenvalue weighted by molar-refractivity contribution is 0.112. The van der Waals surface area contributed by atoms with Gasteiger partial charge in [-0.25, -0.2) is 0 Å². The predicted octanol–water partition coefficient (Wildman–Crippen LogP) is 3.00. The predicted molar refractivity (Wildman–Crippen MR) is 73.7 cm³/mol. The Hall–Kier alpha value is -2.14. The molecule has 5 heteroatoms. The van der Waals surface area contributed by atoms with Crippen molar-refractivity contribution in [2.75, 3.05) is 0 Å². The maximum Gasteiger partial charge on any atom is 0.200 e. The van der Waals surface area contributed by atoms with Gasteiger partial charge in [-0.3, -0.25) is 9.20 Å². The molecule has 0 amide bonds. The van der Waals surface area contributed by atoms with Crippen LogP contribution in [0.3, 0.4) is 0 Å². The highest BCUT2D eigenvalue weighted by molar-refractivity contribution is 7.99. The zero-order valence-corrected chi connectivity index (χ0v) is 11.1. The molecule has 19 heavy (non-hydrogen) atoms. The van der Waals surface area contributed by atoms with E-state index in [-0.39, 0.29) is 0 Å².